The summed E-state index contributed by atoms with van der Waals surface area (Å²) in [7, 11) is -3.39. The van der Waals surface area contributed by atoms with E-state index in [2.05, 4.69) is 24.0 Å². The van der Waals surface area contributed by atoms with E-state index in [0.29, 0.717) is 13.0 Å². The van der Waals surface area contributed by atoms with Crippen molar-refractivity contribution in [3.63, 3.8) is 0 Å². The number of aryl methyl sites for hydroxylation is 1. The normalized spacial score (nSPS) is 11.6. The van der Waals surface area contributed by atoms with Gasteiger partial charge in [0.15, 0.2) is 0 Å². The van der Waals surface area contributed by atoms with Crippen molar-refractivity contribution >= 4 is 21.0 Å². The fourth-order valence-electron chi connectivity index (χ4n) is 2.59. The predicted octanol–water partition coefficient (Wildman–Crippen LogP) is 3.64. The van der Waals surface area contributed by atoms with Crippen LogP contribution in [0.1, 0.15) is 16.8 Å². The molecule has 0 amide bonds. The van der Waals surface area contributed by atoms with Gasteiger partial charge in [-0.2, -0.15) is 8.42 Å². The molecule has 0 saturated heterocycles. The summed E-state index contributed by atoms with van der Waals surface area (Å²) in [4.78, 5) is 4.61. The van der Waals surface area contributed by atoms with Gasteiger partial charge in [0.2, 0.25) is 0 Å². The van der Waals surface area contributed by atoms with Crippen molar-refractivity contribution in [1.82, 2.24) is 4.98 Å². The number of nitrogens with zero attached hydrogens (tertiary/aromatic N) is 1. The molecule has 0 unspecified atom stereocenters. The Labute approximate surface area is 153 Å². The van der Waals surface area contributed by atoms with Crippen LogP contribution in [0.15, 0.2) is 54.6 Å². The molecule has 0 spiro atoms. The van der Waals surface area contributed by atoms with Gasteiger partial charge in [0, 0.05) is 5.39 Å². The number of benzene rings is 2. The molecule has 0 saturated carbocycles. The van der Waals surface area contributed by atoms with Crippen LogP contribution in [-0.4, -0.2) is 26.3 Å². The van der Waals surface area contributed by atoms with Crippen LogP contribution in [0.5, 0.6) is 5.75 Å². The summed E-state index contributed by atoms with van der Waals surface area (Å²) in [5.41, 5.74) is 4.02. The molecular weight excluding hydrogens is 350 g/mol. The summed E-state index contributed by atoms with van der Waals surface area (Å²) in [5.74, 6) is 0.739. The lowest BCUT2D eigenvalue weighted by atomic mass is 10.1. The molecule has 6 heteroatoms. The molecule has 136 valence electrons. The highest BCUT2D eigenvalue weighted by Crippen LogP contribution is 2.17. The molecule has 0 N–H and O–H groups in total. The van der Waals surface area contributed by atoms with Crippen molar-refractivity contribution < 1.29 is 17.3 Å². The zero-order chi connectivity index (χ0) is 18.6. The number of aromatic nitrogens is 1. The first kappa shape index (κ1) is 18.4. The van der Waals surface area contributed by atoms with Crippen molar-refractivity contribution in [2.75, 3.05) is 12.9 Å². The first-order chi connectivity index (χ1) is 12.4. The summed E-state index contributed by atoms with van der Waals surface area (Å²) in [5, 5.41) is 1.12. The van der Waals surface area contributed by atoms with Crippen molar-refractivity contribution in [3.05, 3.63) is 71.4 Å². The van der Waals surface area contributed by atoms with Crippen molar-refractivity contribution in [3.8, 4) is 5.75 Å². The summed E-state index contributed by atoms with van der Waals surface area (Å²) in [6.45, 7) is 2.59. The summed E-state index contributed by atoms with van der Waals surface area (Å²) >= 11 is 0. The lowest BCUT2D eigenvalue weighted by molar-refractivity contribution is 0.301. The SMILES string of the molecule is Cc1ccc2nc(COc3ccc(CCOS(C)(=O)=O)cc3)ccc2c1. The summed E-state index contributed by atoms with van der Waals surface area (Å²) < 4.78 is 32.4. The van der Waals surface area contributed by atoms with Gasteiger partial charge in [-0.25, -0.2) is 4.98 Å². The van der Waals surface area contributed by atoms with Gasteiger partial charge < -0.3 is 4.74 Å². The molecule has 2 aromatic carbocycles. The van der Waals surface area contributed by atoms with Crippen molar-refractivity contribution in [2.24, 2.45) is 0 Å². The fourth-order valence-corrected chi connectivity index (χ4v) is 2.97. The number of hydrogen-bond acceptors (Lipinski definition) is 5. The second-order valence-electron chi connectivity index (χ2n) is 6.21. The largest absolute Gasteiger partial charge is 0.487 e. The van der Waals surface area contributed by atoms with Gasteiger partial charge >= 0.3 is 0 Å². The molecule has 3 aromatic rings. The number of ether oxygens (including phenoxy) is 1. The van der Waals surface area contributed by atoms with E-state index < -0.39 is 10.1 Å². The van der Waals surface area contributed by atoms with Crippen LogP contribution < -0.4 is 4.74 Å². The van der Waals surface area contributed by atoms with E-state index in [1.165, 1.54) is 5.56 Å². The van der Waals surface area contributed by atoms with E-state index in [1.807, 2.05) is 42.5 Å². The standard InChI is InChI=1S/C20H21NO4S/c1-15-3-10-20-17(13-15)6-7-18(21-20)14-24-19-8-4-16(5-9-19)11-12-25-26(2,22)23/h3-10,13H,11-12,14H2,1-2H3. The first-order valence-corrected chi connectivity index (χ1v) is 10.1. The molecule has 0 radical (unpaired) electrons. The van der Waals surface area contributed by atoms with Crippen LogP contribution in [-0.2, 0) is 27.3 Å². The number of pyridine rings is 1. The summed E-state index contributed by atoms with van der Waals surface area (Å²) in [6.07, 6.45) is 1.57. The zero-order valence-corrected chi connectivity index (χ0v) is 15.6. The Morgan fingerprint density at radius 2 is 1.77 bits per heavy atom. The first-order valence-electron chi connectivity index (χ1n) is 8.31. The van der Waals surface area contributed by atoms with Gasteiger partial charge in [-0.05, 0) is 49.2 Å². The van der Waals surface area contributed by atoms with Gasteiger partial charge in [0.25, 0.3) is 10.1 Å². The maximum absolute atomic E-state index is 10.9. The Kier molecular flexibility index (Phi) is 5.54. The highest BCUT2D eigenvalue weighted by Gasteiger charge is 2.03. The van der Waals surface area contributed by atoms with E-state index in [-0.39, 0.29) is 6.61 Å². The average molecular weight is 371 g/mol. The molecule has 0 bridgehead atoms. The summed E-state index contributed by atoms with van der Waals surface area (Å²) in [6, 6.07) is 17.7. The molecule has 0 aliphatic carbocycles. The molecule has 1 heterocycles. The maximum Gasteiger partial charge on any atom is 0.264 e. The van der Waals surface area contributed by atoms with Crippen LogP contribution in [0.2, 0.25) is 0 Å². The maximum atomic E-state index is 10.9. The molecule has 3 rings (SSSR count). The number of hydrogen-bond donors (Lipinski definition) is 0. The number of fused-ring (bicyclic) bond motifs is 1. The lowest BCUT2D eigenvalue weighted by Gasteiger charge is -2.08. The highest BCUT2D eigenvalue weighted by atomic mass is 32.2. The van der Waals surface area contributed by atoms with Gasteiger partial charge in [-0.15, -0.1) is 0 Å². The van der Waals surface area contributed by atoms with E-state index in [0.717, 1.165) is 34.2 Å². The lowest BCUT2D eigenvalue weighted by Crippen LogP contribution is -2.06. The fraction of sp³-hybridized carbons (Fsp3) is 0.250. The van der Waals surface area contributed by atoms with Crippen LogP contribution in [0.3, 0.4) is 0 Å². The van der Waals surface area contributed by atoms with Crippen LogP contribution in [0, 0.1) is 6.92 Å². The Balaban J connectivity index is 1.57. The molecule has 0 fully saturated rings. The molecule has 0 aliphatic heterocycles. The molecule has 0 aliphatic rings. The average Bonchev–Trinajstić information content (AvgIpc) is 2.60. The monoisotopic (exact) mass is 371 g/mol. The molecule has 1 aromatic heterocycles. The quantitative estimate of drug-likeness (QED) is 0.593. The predicted molar refractivity (Wildman–Crippen MR) is 102 cm³/mol. The third-order valence-electron chi connectivity index (χ3n) is 3.90. The van der Waals surface area contributed by atoms with Crippen LogP contribution >= 0.6 is 0 Å². The topological polar surface area (TPSA) is 65.5 Å². The molecule has 0 atom stereocenters. The Morgan fingerprint density at radius 3 is 2.50 bits per heavy atom. The Hall–Kier alpha value is -2.44. The molecule has 26 heavy (non-hydrogen) atoms. The van der Waals surface area contributed by atoms with Crippen molar-refractivity contribution in [1.29, 1.82) is 0 Å². The minimum absolute atomic E-state index is 0.138. The van der Waals surface area contributed by atoms with Gasteiger partial charge in [0.05, 0.1) is 24.1 Å². The third kappa shape index (κ3) is 5.28. The second kappa shape index (κ2) is 7.85. The van der Waals surface area contributed by atoms with Crippen LogP contribution in [0.25, 0.3) is 10.9 Å². The van der Waals surface area contributed by atoms with Crippen LogP contribution in [0.4, 0.5) is 0 Å². The minimum Gasteiger partial charge on any atom is -0.487 e. The second-order valence-corrected chi connectivity index (χ2v) is 7.85. The van der Waals surface area contributed by atoms with E-state index >= 15 is 0 Å². The smallest absolute Gasteiger partial charge is 0.264 e. The van der Waals surface area contributed by atoms with Gasteiger partial charge in [-0.1, -0.05) is 29.8 Å². The van der Waals surface area contributed by atoms with E-state index in [9.17, 15) is 8.42 Å². The Morgan fingerprint density at radius 1 is 1.00 bits per heavy atom. The molecular formula is C20H21NO4S. The van der Waals surface area contributed by atoms with E-state index in [1.54, 1.807) is 0 Å². The van der Waals surface area contributed by atoms with E-state index in [4.69, 9.17) is 8.92 Å². The Bertz CT molecular complexity index is 998. The zero-order valence-electron chi connectivity index (χ0n) is 14.8. The minimum atomic E-state index is -3.39. The van der Waals surface area contributed by atoms with Gasteiger partial charge in [0.1, 0.15) is 12.4 Å². The van der Waals surface area contributed by atoms with Crippen molar-refractivity contribution in [2.45, 2.75) is 20.0 Å². The highest BCUT2D eigenvalue weighted by molar-refractivity contribution is 7.85. The third-order valence-corrected chi connectivity index (χ3v) is 4.50. The number of rotatable bonds is 7. The molecule has 5 nitrogen and oxygen atoms in total. The van der Waals surface area contributed by atoms with Gasteiger partial charge in [-0.3, -0.25) is 4.18 Å².